The molecule has 7 nitrogen and oxygen atoms in total. The van der Waals surface area contributed by atoms with Crippen molar-refractivity contribution in [1.29, 1.82) is 0 Å². The van der Waals surface area contributed by atoms with E-state index in [-0.39, 0.29) is 24.0 Å². The average Bonchev–Trinajstić information content (AvgIpc) is 3.09. The fourth-order valence-electron chi connectivity index (χ4n) is 3.52. The summed E-state index contributed by atoms with van der Waals surface area (Å²) in [6.45, 7) is 6.96. The standard InChI is InChI=1S/C20H30N6O.HI/c1-15-13-18(10-12-26(15)14-17-7-5-4-6-8-17)24-20(21-3)22-11-9-19-23-16(2)25-27-19;/h4-8,15,18H,9-14H2,1-3H3,(H2,21,22,24);1H. The fourth-order valence-corrected chi connectivity index (χ4v) is 3.52. The summed E-state index contributed by atoms with van der Waals surface area (Å²) in [6.07, 6.45) is 2.91. The summed E-state index contributed by atoms with van der Waals surface area (Å²) in [5.41, 5.74) is 1.38. The Labute approximate surface area is 184 Å². The van der Waals surface area contributed by atoms with E-state index in [1.807, 2.05) is 6.92 Å². The number of guanidine groups is 1. The van der Waals surface area contributed by atoms with Gasteiger partial charge in [0, 0.05) is 45.2 Å². The van der Waals surface area contributed by atoms with Gasteiger partial charge in [-0.15, -0.1) is 24.0 Å². The minimum atomic E-state index is 0. The van der Waals surface area contributed by atoms with Crippen LogP contribution in [0.3, 0.4) is 0 Å². The van der Waals surface area contributed by atoms with Gasteiger partial charge in [0.05, 0.1) is 0 Å². The van der Waals surface area contributed by atoms with Crippen molar-refractivity contribution >= 4 is 29.9 Å². The van der Waals surface area contributed by atoms with Gasteiger partial charge in [0.1, 0.15) is 0 Å². The van der Waals surface area contributed by atoms with Crippen molar-refractivity contribution in [2.24, 2.45) is 4.99 Å². The zero-order valence-corrected chi connectivity index (χ0v) is 19.2. The molecule has 1 aliphatic rings. The largest absolute Gasteiger partial charge is 0.356 e. The molecule has 1 aromatic carbocycles. The topological polar surface area (TPSA) is 78.6 Å². The molecule has 2 unspecified atom stereocenters. The Hall–Kier alpha value is -1.68. The van der Waals surface area contributed by atoms with Crippen molar-refractivity contribution < 1.29 is 4.52 Å². The monoisotopic (exact) mass is 498 g/mol. The number of hydrogen-bond donors (Lipinski definition) is 2. The number of aryl methyl sites for hydroxylation is 1. The lowest BCUT2D eigenvalue weighted by atomic mass is 9.97. The number of aromatic nitrogens is 2. The lowest BCUT2D eigenvalue weighted by Crippen LogP contribution is -2.51. The molecule has 0 radical (unpaired) electrons. The average molecular weight is 498 g/mol. The van der Waals surface area contributed by atoms with E-state index in [0.717, 1.165) is 31.9 Å². The summed E-state index contributed by atoms with van der Waals surface area (Å²) in [5.74, 6) is 2.15. The van der Waals surface area contributed by atoms with E-state index < -0.39 is 0 Å². The molecule has 8 heteroatoms. The lowest BCUT2D eigenvalue weighted by molar-refractivity contribution is 0.134. The quantitative estimate of drug-likeness (QED) is 0.363. The van der Waals surface area contributed by atoms with Crippen molar-refractivity contribution in [2.75, 3.05) is 20.1 Å². The van der Waals surface area contributed by atoms with Crippen molar-refractivity contribution in [3.63, 3.8) is 0 Å². The molecule has 1 fully saturated rings. The normalized spacial score (nSPS) is 20.5. The molecular formula is C20H31IN6O. The molecule has 2 N–H and O–H groups in total. The van der Waals surface area contributed by atoms with E-state index in [1.54, 1.807) is 7.05 Å². The maximum absolute atomic E-state index is 5.14. The summed E-state index contributed by atoms with van der Waals surface area (Å²) >= 11 is 0. The molecule has 154 valence electrons. The molecule has 28 heavy (non-hydrogen) atoms. The highest BCUT2D eigenvalue weighted by Gasteiger charge is 2.25. The number of nitrogens with zero attached hydrogens (tertiary/aromatic N) is 4. The molecule has 2 aromatic rings. The minimum Gasteiger partial charge on any atom is -0.356 e. The van der Waals surface area contributed by atoms with Crippen molar-refractivity contribution in [1.82, 2.24) is 25.7 Å². The zero-order chi connectivity index (χ0) is 19.1. The first-order chi connectivity index (χ1) is 13.1. The Kier molecular flexibility index (Phi) is 9.17. The Morgan fingerprint density at radius 3 is 2.75 bits per heavy atom. The van der Waals surface area contributed by atoms with E-state index in [2.05, 4.69) is 67.9 Å². The molecule has 1 saturated heterocycles. The first-order valence-electron chi connectivity index (χ1n) is 9.68. The summed E-state index contributed by atoms with van der Waals surface area (Å²) in [7, 11) is 1.81. The van der Waals surface area contributed by atoms with Crippen LogP contribution in [0.1, 0.15) is 37.0 Å². The lowest BCUT2D eigenvalue weighted by Gasteiger charge is -2.38. The molecule has 0 bridgehead atoms. The summed E-state index contributed by atoms with van der Waals surface area (Å²) in [6, 6.07) is 11.7. The maximum atomic E-state index is 5.14. The molecule has 0 saturated carbocycles. The van der Waals surface area contributed by atoms with Crippen molar-refractivity contribution in [2.45, 2.75) is 51.7 Å². The van der Waals surface area contributed by atoms with E-state index in [4.69, 9.17) is 4.52 Å². The molecule has 1 aliphatic heterocycles. The second-order valence-electron chi connectivity index (χ2n) is 7.16. The molecule has 0 aliphatic carbocycles. The first kappa shape index (κ1) is 22.6. The smallest absolute Gasteiger partial charge is 0.228 e. The van der Waals surface area contributed by atoms with Crippen LogP contribution < -0.4 is 10.6 Å². The number of piperidine rings is 1. The predicted molar refractivity (Wildman–Crippen MR) is 122 cm³/mol. The van der Waals surface area contributed by atoms with E-state index in [9.17, 15) is 0 Å². The van der Waals surface area contributed by atoms with Gasteiger partial charge in [-0.1, -0.05) is 35.5 Å². The number of nitrogens with one attached hydrogen (secondary N) is 2. The molecule has 3 rings (SSSR count). The van der Waals surface area contributed by atoms with Gasteiger partial charge in [-0.3, -0.25) is 9.89 Å². The minimum absolute atomic E-state index is 0. The van der Waals surface area contributed by atoms with E-state index in [1.165, 1.54) is 5.56 Å². The number of rotatable bonds is 6. The summed E-state index contributed by atoms with van der Waals surface area (Å²) in [5, 5.41) is 10.7. The van der Waals surface area contributed by atoms with Gasteiger partial charge >= 0.3 is 0 Å². The zero-order valence-electron chi connectivity index (χ0n) is 16.9. The Morgan fingerprint density at radius 1 is 1.32 bits per heavy atom. The van der Waals surface area contributed by atoms with E-state index >= 15 is 0 Å². The van der Waals surface area contributed by atoms with E-state index in [0.29, 0.717) is 36.8 Å². The SMILES string of the molecule is CN=C(NCCc1nc(C)no1)NC1CCN(Cc2ccccc2)C(C)C1.I. The van der Waals surface area contributed by atoms with Crippen molar-refractivity contribution in [3.05, 3.63) is 47.6 Å². The van der Waals surface area contributed by atoms with Gasteiger partial charge in [-0.05, 0) is 32.3 Å². The van der Waals surface area contributed by atoms with Gasteiger partial charge < -0.3 is 15.2 Å². The third-order valence-electron chi connectivity index (χ3n) is 5.01. The second kappa shape index (κ2) is 11.4. The van der Waals surface area contributed by atoms with Crippen LogP contribution in [0, 0.1) is 6.92 Å². The van der Waals surface area contributed by atoms with Crippen molar-refractivity contribution in [3.8, 4) is 0 Å². The third kappa shape index (κ3) is 6.73. The highest BCUT2D eigenvalue weighted by molar-refractivity contribution is 14.0. The number of aliphatic imine (C=N–C) groups is 1. The molecule has 0 spiro atoms. The van der Waals surface area contributed by atoms with Crippen LogP contribution in [0.5, 0.6) is 0 Å². The van der Waals surface area contributed by atoms with Crippen LogP contribution in [0.4, 0.5) is 0 Å². The third-order valence-corrected chi connectivity index (χ3v) is 5.01. The first-order valence-corrected chi connectivity index (χ1v) is 9.68. The summed E-state index contributed by atoms with van der Waals surface area (Å²) in [4.78, 5) is 11.1. The Bertz CT molecular complexity index is 735. The van der Waals surface area contributed by atoms with Crippen LogP contribution in [-0.4, -0.2) is 53.2 Å². The Balaban J connectivity index is 0.00000280. The fraction of sp³-hybridized carbons (Fsp3) is 0.550. The number of likely N-dealkylation sites (tertiary alicyclic amines) is 1. The van der Waals surface area contributed by atoms with Crippen LogP contribution >= 0.6 is 24.0 Å². The van der Waals surface area contributed by atoms with Crippen LogP contribution in [-0.2, 0) is 13.0 Å². The second-order valence-corrected chi connectivity index (χ2v) is 7.16. The summed E-state index contributed by atoms with van der Waals surface area (Å²) < 4.78 is 5.14. The predicted octanol–water partition coefficient (Wildman–Crippen LogP) is 2.76. The molecular weight excluding hydrogens is 467 g/mol. The van der Waals surface area contributed by atoms with Crippen LogP contribution in [0.2, 0.25) is 0 Å². The van der Waals surface area contributed by atoms with Crippen LogP contribution in [0.25, 0.3) is 0 Å². The van der Waals surface area contributed by atoms with Gasteiger partial charge in [0.25, 0.3) is 0 Å². The highest BCUT2D eigenvalue weighted by Crippen LogP contribution is 2.19. The van der Waals surface area contributed by atoms with Gasteiger partial charge in [-0.2, -0.15) is 4.98 Å². The molecule has 1 aromatic heterocycles. The molecule has 0 amide bonds. The Morgan fingerprint density at radius 2 is 2.11 bits per heavy atom. The van der Waals surface area contributed by atoms with Gasteiger partial charge in [0.2, 0.25) is 5.89 Å². The number of benzene rings is 1. The number of hydrogen-bond acceptors (Lipinski definition) is 5. The van der Waals surface area contributed by atoms with Gasteiger partial charge in [0.15, 0.2) is 11.8 Å². The van der Waals surface area contributed by atoms with Gasteiger partial charge in [-0.25, -0.2) is 0 Å². The molecule has 2 heterocycles. The maximum Gasteiger partial charge on any atom is 0.228 e. The molecule has 2 atom stereocenters. The van der Waals surface area contributed by atoms with Crippen LogP contribution in [0.15, 0.2) is 39.8 Å². The highest BCUT2D eigenvalue weighted by atomic mass is 127. The number of halogens is 1.